The number of nitrogens with one attached hydrogen (secondary N) is 1. The van der Waals surface area contributed by atoms with Gasteiger partial charge in [0, 0.05) is 11.6 Å². The number of amides is 1. The first-order valence-corrected chi connectivity index (χ1v) is 8.97. The van der Waals surface area contributed by atoms with Crippen LogP contribution in [0, 0.1) is 5.82 Å². The molecule has 10 heteroatoms. The van der Waals surface area contributed by atoms with E-state index in [0.717, 1.165) is 10.1 Å². The summed E-state index contributed by atoms with van der Waals surface area (Å²) < 4.78 is 15.6. The lowest BCUT2D eigenvalue weighted by Gasteiger charge is -2.08. The number of benzene rings is 2. The van der Waals surface area contributed by atoms with E-state index in [1.165, 1.54) is 35.3 Å². The zero-order valence-corrected chi connectivity index (χ0v) is 15.7. The lowest BCUT2D eigenvalue weighted by molar-refractivity contribution is -0.121. The average molecular weight is 413 g/mol. The second kappa shape index (κ2) is 7.80. The first-order valence-electron chi connectivity index (χ1n) is 8.60. The molecule has 2 aromatic carbocycles. The van der Waals surface area contributed by atoms with Gasteiger partial charge in [0.05, 0.1) is 5.69 Å². The number of carbonyl (C=O) groups is 1. The van der Waals surface area contributed by atoms with Gasteiger partial charge in [-0.15, -0.1) is 5.10 Å². The maximum atomic E-state index is 13.1. The van der Waals surface area contributed by atoms with Crippen LogP contribution in [0.2, 0.25) is 5.02 Å². The molecule has 0 aliphatic rings. The Labute approximate surface area is 168 Å². The second-order valence-electron chi connectivity index (χ2n) is 6.20. The Balaban J connectivity index is 1.53. The maximum Gasteiger partial charge on any atom is 0.284 e. The number of hydrogen-bond acceptors (Lipinski definition) is 5. The number of rotatable bonds is 5. The van der Waals surface area contributed by atoms with E-state index < -0.39 is 11.4 Å². The first-order chi connectivity index (χ1) is 14.0. The molecule has 2 heterocycles. The van der Waals surface area contributed by atoms with E-state index >= 15 is 0 Å². The SMILES string of the molecule is O=C(Cn1cnc2c(nnn2-c2ccc(F)cc2)c1=O)NCc1ccccc1Cl. The van der Waals surface area contributed by atoms with Gasteiger partial charge in [-0.1, -0.05) is 35.0 Å². The molecule has 0 spiro atoms. The van der Waals surface area contributed by atoms with E-state index in [0.29, 0.717) is 10.7 Å². The number of halogens is 2. The smallest absolute Gasteiger partial charge is 0.284 e. The number of carbonyl (C=O) groups excluding carboxylic acids is 1. The van der Waals surface area contributed by atoms with Crippen LogP contribution in [0.5, 0.6) is 0 Å². The van der Waals surface area contributed by atoms with Gasteiger partial charge in [-0.2, -0.15) is 4.68 Å². The predicted octanol–water partition coefficient (Wildman–Crippen LogP) is 2.09. The van der Waals surface area contributed by atoms with Gasteiger partial charge >= 0.3 is 0 Å². The lowest BCUT2D eigenvalue weighted by atomic mass is 10.2. The molecule has 0 atom stereocenters. The minimum absolute atomic E-state index is 0.00993. The molecule has 29 heavy (non-hydrogen) atoms. The Morgan fingerprint density at radius 3 is 2.66 bits per heavy atom. The van der Waals surface area contributed by atoms with E-state index in [2.05, 4.69) is 20.6 Å². The zero-order chi connectivity index (χ0) is 20.4. The Morgan fingerprint density at radius 1 is 1.14 bits per heavy atom. The average Bonchev–Trinajstić information content (AvgIpc) is 3.15. The first kappa shape index (κ1) is 18.8. The third-order valence-electron chi connectivity index (χ3n) is 4.25. The van der Waals surface area contributed by atoms with Crippen molar-refractivity contribution < 1.29 is 9.18 Å². The standard InChI is InChI=1S/C19H14ClFN6O2/c20-15-4-2-1-3-12(15)9-22-16(28)10-26-11-23-18-17(19(26)29)24-25-27(18)14-7-5-13(21)6-8-14/h1-8,11H,9-10H2,(H,22,28). The van der Waals surface area contributed by atoms with E-state index in [-0.39, 0.29) is 30.2 Å². The van der Waals surface area contributed by atoms with Crippen molar-refractivity contribution in [1.29, 1.82) is 0 Å². The van der Waals surface area contributed by atoms with Crippen LogP contribution < -0.4 is 10.9 Å². The summed E-state index contributed by atoms with van der Waals surface area (Å²) in [7, 11) is 0. The Bertz CT molecular complexity index is 1250. The van der Waals surface area contributed by atoms with Crippen molar-refractivity contribution in [3.05, 3.63) is 81.6 Å². The summed E-state index contributed by atoms with van der Waals surface area (Å²) in [6.45, 7) is 0.0132. The van der Waals surface area contributed by atoms with Crippen LogP contribution in [0.4, 0.5) is 4.39 Å². The quantitative estimate of drug-likeness (QED) is 0.541. The van der Waals surface area contributed by atoms with Crippen LogP contribution in [0.15, 0.2) is 59.7 Å². The Morgan fingerprint density at radius 2 is 1.90 bits per heavy atom. The van der Waals surface area contributed by atoms with Gasteiger partial charge in [0.15, 0.2) is 11.2 Å². The van der Waals surface area contributed by atoms with Gasteiger partial charge < -0.3 is 5.32 Å². The van der Waals surface area contributed by atoms with E-state index in [9.17, 15) is 14.0 Å². The molecule has 146 valence electrons. The fraction of sp³-hybridized carbons (Fsp3) is 0.105. The fourth-order valence-corrected chi connectivity index (χ4v) is 2.96. The second-order valence-corrected chi connectivity index (χ2v) is 6.60. The molecule has 1 amide bonds. The number of fused-ring (bicyclic) bond motifs is 1. The van der Waals surface area contributed by atoms with Crippen molar-refractivity contribution >= 4 is 28.7 Å². The van der Waals surface area contributed by atoms with Crippen LogP contribution in [-0.4, -0.2) is 30.5 Å². The molecule has 0 saturated heterocycles. The summed E-state index contributed by atoms with van der Waals surface area (Å²) >= 11 is 6.07. The van der Waals surface area contributed by atoms with Gasteiger partial charge in [-0.25, -0.2) is 9.37 Å². The molecule has 0 aliphatic heterocycles. The van der Waals surface area contributed by atoms with E-state index in [4.69, 9.17) is 11.6 Å². The van der Waals surface area contributed by atoms with Crippen molar-refractivity contribution in [2.75, 3.05) is 0 Å². The molecule has 1 N–H and O–H groups in total. The number of hydrogen-bond donors (Lipinski definition) is 1. The molecule has 0 aliphatic carbocycles. The van der Waals surface area contributed by atoms with Crippen LogP contribution in [0.1, 0.15) is 5.56 Å². The number of nitrogens with zero attached hydrogens (tertiary/aromatic N) is 5. The van der Waals surface area contributed by atoms with Crippen LogP contribution in [-0.2, 0) is 17.9 Å². The van der Waals surface area contributed by atoms with E-state index in [1.807, 2.05) is 6.07 Å². The number of aromatic nitrogens is 5. The van der Waals surface area contributed by atoms with Crippen LogP contribution in [0.3, 0.4) is 0 Å². The molecule has 0 unspecified atom stereocenters. The van der Waals surface area contributed by atoms with Crippen molar-refractivity contribution in [2.45, 2.75) is 13.1 Å². The van der Waals surface area contributed by atoms with Crippen molar-refractivity contribution in [3.63, 3.8) is 0 Å². The third-order valence-corrected chi connectivity index (χ3v) is 4.62. The van der Waals surface area contributed by atoms with Crippen molar-refractivity contribution in [3.8, 4) is 5.69 Å². The lowest BCUT2D eigenvalue weighted by Crippen LogP contribution is -2.32. The van der Waals surface area contributed by atoms with Gasteiger partial charge in [-0.3, -0.25) is 14.2 Å². The molecule has 8 nitrogen and oxygen atoms in total. The highest BCUT2D eigenvalue weighted by Crippen LogP contribution is 2.14. The highest BCUT2D eigenvalue weighted by atomic mass is 35.5. The molecule has 0 radical (unpaired) electrons. The van der Waals surface area contributed by atoms with Gasteiger partial charge in [0.25, 0.3) is 5.56 Å². The minimum Gasteiger partial charge on any atom is -0.350 e. The summed E-state index contributed by atoms with van der Waals surface area (Å²) in [5, 5.41) is 11.0. The Hall–Kier alpha value is -3.59. The van der Waals surface area contributed by atoms with Crippen LogP contribution in [0.25, 0.3) is 16.9 Å². The molecule has 4 rings (SSSR count). The molecular weight excluding hydrogens is 399 g/mol. The summed E-state index contributed by atoms with van der Waals surface area (Å²) in [6.07, 6.45) is 1.25. The summed E-state index contributed by atoms with van der Waals surface area (Å²) in [5.41, 5.74) is 1.00. The zero-order valence-electron chi connectivity index (χ0n) is 14.9. The van der Waals surface area contributed by atoms with Crippen molar-refractivity contribution in [2.24, 2.45) is 0 Å². The maximum absolute atomic E-state index is 13.1. The fourth-order valence-electron chi connectivity index (χ4n) is 2.76. The van der Waals surface area contributed by atoms with Crippen molar-refractivity contribution in [1.82, 2.24) is 29.9 Å². The van der Waals surface area contributed by atoms with Crippen LogP contribution >= 0.6 is 11.6 Å². The Kier molecular flexibility index (Phi) is 5.05. The summed E-state index contributed by atoms with van der Waals surface area (Å²) in [6, 6.07) is 12.7. The monoisotopic (exact) mass is 412 g/mol. The molecular formula is C19H14ClFN6O2. The predicted molar refractivity (Wildman–Crippen MR) is 104 cm³/mol. The highest BCUT2D eigenvalue weighted by molar-refractivity contribution is 6.31. The molecule has 0 bridgehead atoms. The minimum atomic E-state index is -0.503. The van der Waals surface area contributed by atoms with Gasteiger partial charge in [0.1, 0.15) is 18.7 Å². The van der Waals surface area contributed by atoms with Gasteiger partial charge in [0.2, 0.25) is 5.91 Å². The third kappa shape index (κ3) is 3.85. The molecule has 2 aromatic heterocycles. The highest BCUT2D eigenvalue weighted by Gasteiger charge is 2.15. The summed E-state index contributed by atoms with van der Waals surface area (Å²) in [4.78, 5) is 29.1. The molecule has 4 aromatic rings. The normalized spacial score (nSPS) is 11.0. The van der Waals surface area contributed by atoms with E-state index in [1.54, 1.807) is 18.2 Å². The summed E-state index contributed by atoms with van der Waals surface area (Å²) in [5.74, 6) is -0.768. The molecule has 0 fully saturated rings. The molecule has 0 saturated carbocycles. The topological polar surface area (TPSA) is 94.7 Å². The van der Waals surface area contributed by atoms with Gasteiger partial charge in [-0.05, 0) is 35.9 Å². The largest absolute Gasteiger partial charge is 0.350 e.